The Morgan fingerprint density at radius 1 is 1.00 bits per heavy atom. The van der Waals surface area contributed by atoms with Gasteiger partial charge in [-0.2, -0.15) is 0 Å². The van der Waals surface area contributed by atoms with E-state index in [1.807, 2.05) is 47.4 Å². The predicted molar refractivity (Wildman–Crippen MR) is 96.3 cm³/mol. The quantitative estimate of drug-likeness (QED) is 0.838. The van der Waals surface area contributed by atoms with Gasteiger partial charge in [-0.05, 0) is 48.4 Å². The smallest absolute Gasteiger partial charge is 0.258 e. The molecular weight excluding hydrogens is 324 g/mol. The van der Waals surface area contributed by atoms with Gasteiger partial charge < -0.3 is 14.5 Å². The molecule has 0 aliphatic carbocycles. The lowest BCUT2D eigenvalue weighted by molar-refractivity contribution is 0.0989. The Balaban J connectivity index is 1.54. The zero-order chi connectivity index (χ0) is 16.5. The molecule has 2 aliphatic rings. The number of nitrogens with zero attached hydrogens (tertiary/aromatic N) is 2. The van der Waals surface area contributed by atoms with Gasteiger partial charge in [0.1, 0.15) is 0 Å². The Hall–Kier alpha value is -2.04. The van der Waals surface area contributed by atoms with Crippen LogP contribution in [0.2, 0.25) is 5.02 Å². The molecule has 1 amide bonds. The highest BCUT2D eigenvalue weighted by Gasteiger charge is 2.27. The highest BCUT2D eigenvalue weighted by atomic mass is 35.5. The number of hydrogen-bond donors (Lipinski definition) is 0. The van der Waals surface area contributed by atoms with E-state index in [4.69, 9.17) is 16.3 Å². The Kier molecular flexibility index (Phi) is 4.17. The molecule has 2 aromatic carbocycles. The zero-order valence-electron chi connectivity index (χ0n) is 13.4. The summed E-state index contributed by atoms with van der Waals surface area (Å²) in [5.74, 6) is 0.0320. The van der Waals surface area contributed by atoms with E-state index < -0.39 is 0 Å². The maximum atomic E-state index is 12.9. The van der Waals surface area contributed by atoms with Crippen LogP contribution in [0.15, 0.2) is 42.5 Å². The van der Waals surface area contributed by atoms with Crippen LogP contribution in [0.3, 0.4) is 0 Å². The minimum absolute atomic E-state index is 0.0320. The second kappa shape index (κ2) is 6.46. The molecule has 1 saturated heterocycles. The molecule has 1 fully saturated rings. The minimum Gasteiger partial charge on any atom is -0.378 e. The first-order chi connectivity index (χ1) is 11.7. The molecular formula is C19H19ClN2O2. The zero-order valence-corrected chi connectivity index (χ0v) is 14.1. The number of ether oxygens (including phenoxy) is 1. The molecule has 0 radical (unpaired) electrons. The summed E-state index contributed by atoms with van der Waals surface area (Å²) < 4.78 is 5.38. The van der Waals surface area contributed by atoms with Crippen molar-refractivity contribution in [2.75, 3.05) is 42.6 Å². The largest absolute Gasteiger partial charge is 0.378 e. The number of morpholine rings is 1. The lowest BCUT2D eigenvalue weighted by atomic mass is 10.1. The number of hydrogen-bond acceptors (Lipinski definition) is 3. The monoisotopic (exact) mass is 342 g/mol. The lowest BCUT2D eigenvalue weighted by Gasteiger charge is -2.29. The van der Waals surface area contributed by atoms with Crippen LogP contribution in [-0.4, -0.2) is 38.8 Å². The molecule has 0 unspecified atom stereocenters. The van der Waals surface area contributed by atoms with Gasteiger partial charge >= 0.3 is 0 Å². The molecule has 2 heterocycles. The van der Waals surface area contributed by atoms with E-state index >= 15 is 0 Å². The highest BCUT2D eigenvalue weighted by molar-refractivity contribution is 6.32. The molecule has 0 aromatic heterocycles. The van der Waals surface area contributed by atoms with Gasteiger partial charge in [0.15, 0.2) is 0 Å². The molecule has 5 heteroatoms. The maximum absolute atomic E-state index is 12.9. The molecule has 0 bridgehead atoms. The number of anilines is 2. The molecule has 0 saturated carbocycles. The van der Waals surface area contributed by atoms with E-state index in [-0.39, 0.29) is 5.91 Å². The molecule has 124 valence electrons. The second-order valence-corrected chi connectivity index (χ2v) is 6.50. The van der Waals surface area contributed by atoms with Gasteiger partial charge in [0.25, 0.3) is 5.91 Å². The van der Waals surface area contributed by atoms with Gasteiger partial charge in [-0.3, -0.25) is 4.79 Å². The lowest BCUT2D eigenvalue weighted by Crippen LogP contribution is -2.36. The summed E-state index contributed by atoms with van der Waals surface area (Å²) >= 11 is 6.24. The van der Waals surface area contributed by atoms with Gasteiger partial charge in [0.05, 0.1) is 13.2 Å². The average Bonchev–Trinajstić information content (AvgIpc) is 3.07. The minimum atomic E-state index is 0.0320. The summed E-state index contributed by atoms with van der Waals surface area (Å²) in [5.41, 5.74) is 3.85. The summed E-state index contributed by atoms with van der Waals surface area (Å²) in [7, 11) is 0. The van der Waals surface area contributed by atoms with E-state index in [1.165, 1.54) is 0 Å². The number of carbonyl (C=O) groups excluding carboxylic acids is 1. The Labute approximate surface area is 146 Å². The average molecular weight is 343 g/mol. The predicted octanol–water partition coefficient (Wildman–Crippen LogP) is 3.38. The molecule has 4 nitrogen and oxygen atoms in total. The summed E-state index contributed by atoms with van der Waals surface area (Å²) in [5, 5.41) is 0.741. The van der Waals surface area contributed by atoms with E-state index in [1.54, 1.807) is 0 Å². The van der Waals surface area contributed by atoms with Crippen molar-refractivity contribution in [1.82, 2.24) is 0 Å². The van der Waals surface area contributed by atoms with E-state index in [0.717, 1.165) is 54.7 Å². The number of rotatable bonds is 2. The summed E-state index contributed by atoms with van der Waals surface area (Å²) in [6.45, 7) is 3.98. The molecule has 0 N–H and O–H groups in total. The fraction of sp³-hybridized carbons (Fsp3) is 0.316. The number of fused-ring (bicyclic) bond motifs is 1. The van der Waals surface area contributed by atoms with Gasteiger partial charge in [-0.25, -0.2) is 0 Å². The third kappa shape index (κ3) is 2.76. The molecule has 24 heavy (non-hydrogen) atoms. The first-order valence-corrected chi connectivity index (χ1v) is 8.64. The van der Waals surface area contributed by atoms with Gasteiger partial charge in [-0.1, -0.05) is 17.7 Å². The molecule has 0 spiro atoms. The van der Waals surface area contributed by atoms with Crippen molar-refractivity contribution in [2.45, 2.75) is 6.42 Å². The van der Waals surface area contributed by atoms with Crippen molar-refractivity contribution in [3.8, 4) is 0 Å². The SMILES string of the molecule is O=C(c1ccc(N2CCOCC2)cc1)N1CCc2c(Cl)cccc21. The van der Waals surface area contributed by atoms with Crippen LogP contribution in [0.1, 0.15) is 15.9 Å². The third-order valence-electron chi connectivity index (χ3n) is 4.71. The first-order valence-electron chi connectivity index (χ1n) is 8.26. The van der Waals surface area contributed by atoms with Crippen molar-refractivity contribution in [3.05, 3.63) is 58.6 Å². The fourth-order valence-electron chi connectivity index (χ4n) is 3.39. The highest BCUT2D eigenvalue weighted by Crippen LogP contribution is 2.34. The van der Waals surface area contributed by atoms with Crippen molar-refractivity contribution < 1.29 is 9.53 Å². The number of carbonyl (C=O) groups is 1. The summed E-state index contributed by atoms with van der Waals surface area (Å²) in [4.78, 5) is 17.0. The van der Waals surface area contributed by atoms with Crippen LogP contribution in [0.4, 0.5) is 11.4 Å². The second-order valence-electron chi connectivity index (χ2n) is 6.09. The normalized spacial score (nSPS) is 17.0. The Morgan fingerprint density at radius 2 is 1.75 bits per heavy atom. The van der Waals surface area contributed by atoms with Gasteiger partial charge in [-0.15, -0.1) is 0 Å². The summed E-state index contributed by atoms with van der Waals surface area (Å²) in [6, 6.07) is 13.6. The van der Waals surface area contributed by atoms with Crippen LogP contribution in [-0.2, 0) is 11.2 Å². The fourth-order valence-corrected chi connectivity index (χ4v) is 3.66. The topological polar surface area (TPSA) is 32.8 Å². The van der Waals surface area contributed by atoms with Crippen LogP contribution in [0.25, 0.3) is 0 Å². The molecule has 2 aromatic rings. The standard InChI is InChI=1S/C19H19ClN2O2/c20-17-2-1-3-18-16(17)8-9-22(18)19(23)14-4-6-15(7-5-14)21-10-12-24-13-11-21/h1-7H,8-13H2. The van der Waals surface area contributed by atoms with E-state index in [2.05, 4.69) is 4.90 Å². The maximum Gasteiger partial charge on any atom is 0.258 e. The van der Waals surface area contributed by atoms with Crippen molar-refractivity contribution in [2.24, 2.45) is 0 Å². The van der Waals surface area contributed by atoms with Crippen molar-refractivity contribution >= 4 is 28.9 Å². The van der Waals surface area contributed by atoms with Gasteiger partial charge in [0.2, 0.25) is 0 Å². The third-order valence-corrected chi connectivity index (χ3v) is 5.06. The summed E-state index contributed by atoms with van der Waals surface area (Å²) in [6.07, 6.45) is 0.812. The Morgan fingerprint density at radius 3 is 2.50 bits per heavy atom. The van der Waals surface area contributed by atoms with E-state index in [9.17, 15) is 4.79 Å². The molecule has 4 rings (SSSR count). The number of benzene rings is 2. The van der Waals surface area contributed by atoms with Crippen molar-refractivity contribution in [3.63, 3.8) is 0 Å². The Bertz CT molecular complexity index is 754. The number of halogens is 1. The van der Waals surface area contributed by atoms with Crippen LogP contribution < -0.4 is 9.80 Å². The molecule has 2 aliphatic heterocycles. The first kappa shape index (κ1) is 15.5. The van der Waals surface area contributed by atoms with Crippen LogP contribution >= 0.6 is 11.6 Å². The van der Waals surface area contributed by atoms with Crippen LogP contribution in [0.5, 0.6) is 0 Å². The number of amides is 1. The van der Waals surface area contributed by atoms with Crippen molar-refractivity contribution in [1.29, 1.82) is 0 Å². The molecule has 0 atom stereocenters. The van der Waals surface area contributed by atoms with Gasteiger partial charge in [0, 0.05) is 41.6 Å². The van der Waals surface area contributed by atoms with E-state index in [0.29, 0.717) is 12.1 Å². The van der Waals surface area contributed by atoms with Crippen LogP contribution in [0, 0.1) is 0 Å².